The highest BCUT2D eigenvalue weighted by atomic mass is 32.2. The number of hydrogen-bond donors (Lipinski definition) is 1. The lowest BCUT2D eigenvalue weighted by molar-refractivity contribution is -0.116. The van der Waals surface area contributed by atoms with E-state index in [4.69, 9.17) is 4.74 Å². The van der Waals surface area contributed by atoms with Gasteiger partial charge in [0, 0.05) is 25.0 Å². The van der Waals surface area contributed by atoms with Crippen molar-refractivity contribution in [2.75, 3.05) is 31.6 Å². The quantitative estimate of drug-likeness (QED) is 0.843. The fourth-order valence-electron chi connectivity index (χ4n) is 2.79. The van der Waals surface area contributed by atoms with Crippen molar-refractivity contribution in [3.8, 4) is 0 Å². The molecule has 1 aromatic carbocycles. The van der Waals surface area contributed by atoms with Gasteiger partial charge in [-0.25, -0.2) is 13.4 Å². The first-order valence-corrected chi connectivity index (χ1v) is 9.77. The summed E-state index contributed by atoms with van der Waals surface area (Å²) in [5.41, 5.74) is 2.83. The number of imidazole rings is 1. The number of nitrogens with one attached hydrogen (secondary N) is 1. The summed E-state index contributed by atoms with van der Waals surface area (Å²) in [6.45, 7) is 5.26. The highest BCUT2D eigenvalue weighted by Gasteiger charge is 2.28. The standard InChI is InChI=1S/C17H22N4O4S/c1-13-3-4-15(14(2)9-13)19-16(22)10-20-11-17(18-12-20)26(23,24)21-5-7-25-8-6-21/h3-4,9,11-12H,5-8,10H2,1-2H3,(H,19,22). The molecule has 0 radical (unpaired) electrons. The Bertz CT molecular complexity index is 901. The second-order valence-electron chi connectivity index (χ2n) is 6.27. The van der Waals surface area contributed by atoms with Crippen LogP contribution >= 0.6 is 0 Å². The maximum absolute atomic E-state index is 12.5. The molecule has 1 amide bonds. The largest absolute Gasteiger partial charge is 0.379 e. The molecule has 1 aromatic heterocycles. The van der Waals surface area contributed by atoms with Crippen molar-refractivity contribution in [3.63, 3.8) is 0 Å². The molecule has 8 nitrogen and oxygen atoms in total. The number of morpholine rings is 1. The molecule has 0 bridgehead atoms. The molecule has 2 heterocycles. The molecule has 1 aliphatic heterocycles. The third kappa shape index (κ3) is 4.12. The number of rotatable bonds is 5. The van der Waals surface area contributed by atoms with Crippen LogP contribution in [0.25, 0.3) is 0 Å². The summed E-state index contributed by atoms with van der Waals surface area (Å²) >= 11 is 0. The predicted molar refractivity (Wildman–Crippen MR) is 96.4 cm³/mol. The Labute approximate surface area is 152 Å². The summed E-state index contributed by atoms with van der Waals surface area (Å²) in [4.78, 5) is 16.2. The van der Waals surface area contributed by atoms with Crippen LogP contribution in [0.2, 0.25) is 0 Å². The van der Waals surface area contributed by atoms with Crippen LogP contribution in [0.4, 0.5) is 5.69 Å². The van der Waals surface area contributed by atoms with Gasteiger partial charge in [-0.15, -0.1) is 0 Å². The molecule has 1 fully saturated rings. The lowest BCUT2D eigenvalue weighted by atomic mass is 10.1. The molecule has 0 atom stereocenters. The minimum atomic E-state index is -3.66. The third-order valence-corrected chi connectivity index (χ3v) is 5.95. The fourth-order valence-corrected chi connectivity index (χ4v) is 4.13. The van der Waals surface area contributed by atoms with Crippen LogP contribution in [-0.2, 0) is 26.1 Å². The van der Waals surface area contributed by atoms with Gasteiger partial charge in [-0.05, 0) is 25.5 Å². The number of anilines is 1. The molecule has 140 valence electrons. The van der Waals surface area contributed by atoms with Gasteiger partial charge in [0.25, 0.3) is 10.0 Å². The Balaban J connectivity index is 1.67. The van der Waals surface area contributed by atoms with Crippen LogP contribution < -0.4 is 5.32 Å². The molecular formula is C17H22N4O4S. The van der Waals surface area contributed by atoms with Gasteiger partial charge in [-0.3, -0.25) is 4.79 Å². The number of aryl methyl sites for hydroxylation is 2. The Kier molecular flexibility index (Phi) is 5.40. The van der Waals surface area contributed by atoms with Gasteiger partial charge in [-0.2, -0.15) is 4.31 Å². The summed E-state index contributed by atoms with van der Waals surface area (Å²) < 4.78 is 33.1. The zero-order valence-electron chi connectivity index (χ0n) is 14.8. The van der Waals surface area contributed by atoms with Gasteiger partial charge in [0.2, 0.25) is 5.91 Å². The Morgan fingerprint density at radius 3 is 2.69 bits per heavy atom. The SMILES string of the molecule is Cc1ccc(NC(=O)Cn2cnc(S(=O)(=O)N3CCOCC3)c2)c(C)c1. The number of carbonyl (C=O) groups is 1. The van der Waals surface area contributed by atoms with Gasteiger partial charge in [-0.1, -0.05) is 17.7 Å². The molecule has 0 spiro atoms. The Morgan fingerprint density at radius 1 is 1.27 bits per heavy atom. The topological polar surface area (TPSA) is 93.5 Å². The molecule has 0 unspecified atom stereocenters. The van der Waals surface area contributed by atoms with Crippen LogP contribution in [-0.4, -0.2) is 54.5 Å². The van der Waals surface area contributed by atoms with E-state index < -0.39 is 10.0 Å². The Hall–Kier alpha value is -2.23. The van der Waals surface area contributed by atoms with E-state index in [1.807, 2.05) is 32.0 Å². The first-order valence-electron chi connectivity index (χ1n) is 8.33. The summed E-state index contributed by atoms with van der Waals surface area (Å²) in [7, 11) is -3.66. The highest BCUT2D eigenvalue weighted by Crippen LogP contribution is 2.17. The minimum Gasteiger partial charge on any atom is -0.379 e. The monoisotopic (exact) mass is 378 g/mol. The molecule has 1 aliphatic rings. The van der Waals surface area contributed by atoms with E-state index in [-0.39, 0.29) is 17.5 Å². The summed E-state index contributed by atoms with van der Waals surface area (Å²) in [5, 5.41) is 2.78. The number of nitrogens with zero attached hydrogens (tertiary/aromatic N) is 3. The average molecular weight is 378 g/mol. The van der Waals surface area contributed by atoms with E-state index in [9.17, 15) is 13.2 Å². The number of aromatic nitrogens is 2. The van der Waals surface area contributed by atoms with Gasteiger partial charge in [0.05, 0.1) is 19.5 Å². The summed E-state index contributed by atoms with van der Waals surface area (Å²) in [5.74, 6) is -0.246. The number of ether oxygens (including phenoxy) is 1. The van der Waals surface area contributed by atoms with Gasteiger partial charge in [0.15, 0.2) is 5.03 Å². The fraction of sp³-hybridized carbons (Fsp3) is 0.412. The number of amides is 1. The zero-order valence-corrected chi connectivity index (χ0v) is 15.6. The van der Waals surface area contributed by atoms with Crippen molar-refractivity contribution in [2.24, 2.45) is 0 Å². The Morgan fingerprint density at radius 2 is 2.00 bits per heavy atom. The van der Waals surface area contributed by atoms with Gasteiger partial charge < -0.3 is 14.6 Å². The second-order valence-corrected chi connectivity index (χ2v) is 8.15. The zero-order chi connectivity index (χ0) is 18.7. The molecule has 0 saturated carbocycles. The lowest BCUT2D eigenvalue weighted by Crippen LogP contribution is -2.40. The molecule has 0 aliphatic carbocycles. The maximum atomic E-state index is 12.5. The van der Waals surface area contributed by atoms with Crippen LogP contribution in [0.5, 0.6) is 0 Å². The van der Waals surface area contributed by atoms with Crippen LogP contribution in [0, 0.1) is 13.8 Å². The van der Waals surface area contributed by atoms with Crippen molar-refractivity contribution in [1.29, 1.82) is 0 Å². The van der Waals surface area contributed by atoms with Crippen molar-refractivity contribution >= 4 is 21.6 Å². The minimum absolute atomic E-state index is 0.0149. The van der Waals surface area contributed by atoms with E-state index in [0.717, 1.165) is 16.8 Å². The van der Waals surface area contributed by atoms with Crippen molar-refractivity contribution in [2.45, 2.75) is 25.4 Å². The van der Waals surface area contributed by atoms with Crippen molar-refractivity contribution in [3.05, 3.63) is 41.9 Å². The summed E-state index contributed by atoms with van der Waals surface area (Å²) in [6.07, 6.45) is 2.74. The number of benzene rings is 1. The molecule has 26 heavy (non-hydrogen) atoms. The van der Waals surface area contributed by atoms with E-state index >= 15 is 0 Å². The van der Waals surface area contributed by atoms with Crippen molar-refractivity contribution in [1.82, 2.24) is 13.9 Å². The average Bonchev–Trinajstić information content (AvgIpc) is 3.07. The predicted octanol–water partition coefficient (Wildman–Crippen LogP) is 1.16. The second kappa shape index (κ2) is 7.56. The first-order chi connectivity index (χ1) is 12.4. The third-order valence-electron chi connectivity index (χ3n) is 4.17. The van der Waals surface area contributed by atoms with Gasteiger partial charge in [0.1, 0.15) is 6.54 Å². The summed E-state index contributed by atoms with van der Waals surface area (Å²) in [6, 6.07) is 5.76. The lowest BCUT2D eigenvalue weighted by Gasteiger charge is -2.24. The van der Waals surface area contributed by atoms with Crippen LogP contribution in [0.15, 0.2) is 35.7 Å². The molecule has 9 heteroatoms. The number of carbonyl (C=O) groups excluding carboxylic acids is 1. The van der Waals surface area contributed by atoms with Crippen LogP contribution in [0.3, 0.4) is 0 Å². The normalized spacial score (nSPS) is 15.8. The molecule has 2 aromatic rings. The van der Waals surface area contributed by atoms with E-state index in [0.29, 0.717) is 26.3 Å². The van der Waals surface area contributed by atoms with E-state index in [1.165, 1.54) is 21.4 Å². The molecule has 3 rings (SSSR count). The van der Waals surface area contributed by atoms with E-state index in [2.05, 4.69) is 10.3 Å². The van der Waals surface area contributed by atoms with Gasteiger partial charge >= 0.3 is 0 Å². The molecule has 1 saturated heterocycles. The van der Waals surface area contributed by atoms with E-state index in [1.54, 1.807) is 0 Å². The smallest absolute Gasteiger partial charge is 0.262 e. The number of hydrogen-bond acceptors (Lipinski definition) is 5. The molecule has 1 N–H and O–H groups in total. The number of sulfonamides is 1. The van der Waals surface area contributed by atoms with Crippen molar-refractivity contribution < 1.29 is 17.9 Å². The first kappa shape index (κ1) is 18.6. The highest BCUT2D eigenvalue weighted by molar-refractivity contribution is 7.89. The molecular weight excluding hydrogens is 356 g/mol. The maximum Gasteiger partial charge on any atom is 0.262 e. The van der Waals surface area contributed by atoms with Crippen LogP contribution in [0.1, 0.15) is 11.1 Å².